The van der Waals surface area contributed by atoms with Crippen LogP contribution in [-0.4, -0.2) is 53.3 Å². The average molecular weight is 335 g/mol. The van der Waals surface area contributed by atoms with Crippen LogP contribution in [0.25, 0.3) is 0 Å². The molecule has 5 nitrogen and oxygen atoms in total. The van der Waals surface area contributed by atoms with Crippen LogP contribution in [0.3, 0.4) is 0 Å². The highest BCUT2D eigenvalue weighted by molar-refractivity contribution is 7.07. The van der Waals surface area contributed by atoms with E-state index in [0.717, 1.165) is 32.5 Å². The summed E-state index contributed by atoms with van der Waals surface area (Å²) in [6.45, 7) is 4.46. The van der Waals surface area contributed by atoms with Crippen molar-refractivity contribution < 1.29 is 9.59 Å². The van der Waals surface area contributed by atoms with Crippen LogP contribution in [0.1, 0.15) is 38.2 Å². The lowest BCUT2D eigenvalue weighted by Gasteiger charge is -2.32. The van der Waals surface area contributed by atoms with E-state index in [2.05, 4.69) is 27.0 Å². The summed E-state index contributed by atoms with van der Waals surface area (Å²) < 4.78 is 0. The van der Waals surface area contributed by atoms with Gasteiger partial charge in [0.15, 0.2) is 0 Å². The maximum absolute atomic E-state index is 12.4. The second kappa shape index (κ2) is 7.45. The molecule has 2 heterocycles. The molecule has 0 spiro atoms. The van der Waals surface area contributed by atoms with Crippen LogP contribution < -0.4 is 5.32 Å². The number of piperidine rings is 1. The predicted octanol–water partition coefficient (Wildman–Crippen LogP) is 1.84. The van der Waals surface area contributed by atoms with Gasteiger partial charge >= 0.3 is 0 Å². The Balaban J connectivity index is 1.45. The summed E-state index contributed by atoms with van der Waals surface area (Å²) in [6, 6.07) is 2.91. The second-order valence-corrected chi connectivity index (χ2v) is 7.40. The van der Waals surface area contributed by atoms with Crippen molar-refractivity contribution in [3.63, 3.8) is 0 Å². The van der Waals surface area contributed by atoms with Gasteiger partial charge < -0.3 is 10.2 Å². The number of amides is 2. The van der Waals surface area contributed by atoms with E-state index in [1.165, 1.54) is 18.4 Å². The Kier molecular flexibility index (Phi) is 5.33. The standard InChI is InChI=1S/C17H25N3O2S/c1-13(21)19-7-4-15(5-8-19)18-17(22)11-20(16-2-3-16)10-14-6-9-23-12-14/h6,9,12,15-16H,2-5,7-8,10-11H2,1H3,(H,18,22). The highest BCUT2D eigenvalue weighted by Crippen LogP contribution is 2.28. The number of carbonyl (C=O) groups excluding carboxylic acids is 2. The zero-order valence-electron chi connectivity index (χ0n) is 13.7. The van der Waals surface area contributed by atoms with Gasteiger partial charge in [0.2, 0.25) is 11.8 Å². The maximum Gasteiger partial charge on any atom is 0.234 e. The van der Waals surface area contributed by atoms with Crippen molar-refractivity contribution in [2.24, 2.45) is 0 Å². The minimum Gasteiger partial charge on any atom is -0.352 e. The largest absolute Gasteiger partial charge is 0.352 e. The summed E-state index contributed by atoms with van der Waals surface area (Å²) >= 11 is 1.70. The van der Waals surface area contributed by atoms with Gasteiger partial charge in [0, 0.05) is 38.6 Å². The lowest BCUT2D eigenvalue weighted by Crippen LogP contribution is -2.48. The molecule has 0 aromatic carbocycles. The molecule has 3 rings (SSSR count). The van der Waals surface area contributed by atoms with E-state index in [9.17, 15) is 9.59 Å². The predicted molar refractivity (Wildman–Crippen MR) is 91.2 cm³/mol. The quantitative estimate of drug-likeness (QED) is 0.863. The van der Waals surface area contributed by atoms with Crippen molar-refractivity contribution in [1.82, 2.24) is 15.1 Å². The third-order valence-electron chi connectivity index (χ3n) is 4.68. The lowest BCUT2D eigenvalue weighted by molar-refractivity contribution is -0.130. The zero-order chi connectivity index (χ0) is 16.2. The van der Waals surface area contributed by atoms with Crippen LogP contribution in [0, 0.1) is 0 Å². The highest BCUT2D eigenvalue weighted by atomic mass is 32.1. The molecule has 23 heavy (non-hydrogen) atoms. The summed E-state index contributed by atoms with van der Waals surface area (Å²) in [7, 11) is 0. The van der Waals surface area contributed by atoms with E-state index < -0.39 is 0 Å². The molecule has 1 aliphatic heterocycles. The fourth-order valence-corrected chi connectivity index (χ4v) is 3.83. The van der Waals surface area contributed by atoms with Crippen molar-refractivity contribution in [1.29, 1.82) is 0 Å². The van der Waals surface area contributed by atoms with Crippen LogP contribution in [0.5, 0.6) is 0 Å². The molecular weight excluding hydrogens is 310 g/mol. The first kappa shape index (κ1) is 16.5. The topological polar surface area (TPSA) is 52.7 Å². The second-order valence-electron chi connectivity index (χ2n) is 6.62. The van der Waals surface area contributed by atoms with E-state index in [4.69, 9.17) is 0 Å². The summed E-state index contributed by atoms with van der Waals surface area (Å²) in [6.07, 6.45) is 4.13. The number of nitrogens with zero attached hydrogens (tertiary/aromatic N) is 2. The molecule has 1 saturated carbocycles. The molecule has 1 saturated heterocycles. The van der Waals surface area contributed by atoms with Crippen LogP contribution in [0.4, 0.5) is 0 Å². The Hall–Kier alpha value is -1.40. The van der Waals surface area contributed by atoms with Crippen molar-refractivity contribution in [2.45, 2.75) is 51.2 Å². The average Bonchev–Trinajstić information content (AvgIpc) is 3.25. The van der Waals surface area contributed by atoms with Gasteiger partial charge in [0.25, 0.3) is 0 Å². The first-order valence-corrected chi connectivity index (χ1v) is 9.36. The normalized spacial score (nSPS) is 19.1. The monoisotopic (exact) mass is 335 g/mol. The van der Waals surface area contributed by atoms with Crippen LogP contribution in [0.15, 0.2) is 16.8 Å². The summed E-state index contributed by atoms with van der Waals surface area (Å²) in [5.74, 6) is 0.249. The van der Waals surface area contributed by atoms with Crippen LogP contribution >= 0.6 is 11.3 Å². The summed E-state index contributed by atoms with van der Waals surface area (Å²) in [5.41, 5.74) is 1.30. The summed E-state index contributed by atoms with van der Waals surface area (Å²) in [5, 5.41) is 7.40. The van der Waals surface area contributed by atoms with Crippen molar-refractivity contribution in [3.8, 4) is 0 Å². The number of carbonyl (C=O) groups is 2. The Morgan fingerprint density at radius 1 is 1.30 bits per heavy atom. The Morgan fingerprint density at radius 2 is 2.04 bits per heavy atom. The van der Waals surface area contributed by atoms with E-state index in [0.29, 0.717) is 12.6 Å². The van der Waals surface area contributed by atoms with Crippen LogP contribution in [0.2, 0.25) is 0 Å². The molecular formula is C17H25N3O2S. The van der Waals surface area contributed by atoms with Gasteiger partial charge in [0.05, 0.1) is 6.54 Å². The van der Waals surface area contributed by atoms with E-state index >= 15 is 0 Å². The number of hydrogen-bond donors (Lipinski definition) is 1. The molecule has 1 N–H and O–H groups in total. The molecule has 0 atom stereocenters. The fourth-order valence-electron chi connectivity index (χ4n) is 3.17. The first-order chi connectivity index (χ1) is 11.1. The lowest BCUT2D eigenvalue weighted by atomic mass is 10.1. The number of likely N-dealkylation sites (tertiary alicyclic amines) is 1. The highest BCUT2D eigenvalue weighted by Gasteiger charge is 2.31. The molecule has 0 bridgehead atoms. The summed E-state index contributed by atoms with van der Waals surface area (Å²) in [4.78, 5) is 27.9. The van der Waals surface area contributed by atoms with E-state index in [1.807, 2.05) is 4.90 Å². The molecule has 6 heteroatoms. The van der Waals surface area contributed by atoms with Gasteiger partial charge in [-0.25, -0.2) is 0 Å². The number of hydrogen-bond acceptors (Lipinski definition) is 4. The molecule has 1 aliphatic carbocycles. The molecule has 2 fully saturated rings. The molecule has 1 aromatic heterocycles. The molecule has 1 aromatic rings. The maximum atomic E-state index is 12.4. The first-order valence-electron chi connectivity index (χ1n) is 8.42. The van der Waals surface area contributed by atoms with Crippen molar-refractivity contribution in [2.75, 3.05) is 19.6 Å². The van der Waals surface area contributed by atoms with Crippen molar-refractivity contribution >= 4 is 23.2 Å². The van der Waals surface area contributed by atoms with Gasteiger partial charge in [-0.1, -0.05) is 0 Å². The Labute approximate surface area is 141 Å². The third-order valence-corrected chi connectivity index (χ3v) is 5.41. The Morgan fingerprint density at radius 3 is 2.61 bits per heavy atom. The molecule has 0 radical (unpaired) electrons. The van der Waals surface area contributed by atoms with E-state index in [1.54, 1.807) is 18.3 Å². The SMILES string of the molecule is CC(=O)N1CCC(NC(=O)CN(Cc2ccsc2)C2CC2)CC1. The smallest absolute Gasteiger partial charge is 0.234 e. The molecule has 0 unspecified atom stereocenters. The Bertz CT molecular complexity index is 534. The van der Waals surface area contributed by atoms with Gasteiger partial charge in [-0.3, -0.25) is 14.5 Å². The fraction of sp³-hybridized carbons (Fsp3) is 0.647. The minimum atomic E-state index is 0.119. The number of thiophene rings is 1. The number of nitrogens with one attached hydrogen (secondary N) is 1. The molecule has 126 valence electrons. The minimum absolute atomic E-state index is 0.119. The van der Waals surface area contributed by atoms with Gasteiger partial charge in [-0.15, -0.1) is 0 Å². The van der Waals surface area contributed by atoms with Gasteiger partial charge in [-0.05, 0) is 48.1 Å². The third kappa shape index (κ3) is 4.78. The van der Waals surface area contributed by atoms with E-state index in [-0.39, 0.29) is 17.9 Å². The van der Waals surface area contributed by atoms with Crippen LogP contribution in [-0.2, 0) is 16.1 Å². The van der Waals surface area contributed by atoms with Gasteiger partial charge in [-0.2, -0.15) is 11.3 Å². The number of rotatable bonds is 6. The molecule has 2 aliphatic rings. The van der Waals surface area contributed by atoms with Crippen molar-refractivity contribution in [3.05, 3.63) is 22.4 Å². The van der Waals surface area contributed by atoms with Gasteiger partial charge in [0.1, 0.15) is 0 Å². The zero-order valence-corrected chi connectivity index (χ0v) is 14.5. The molecule has 2 amide bonds.